The molecule has 1 saturated carbocycles. The van der Waals surface area contributed by atoms with Gasteiger partial charge in [0.1, 0.15) is 0 Å². The van der Waals surface area contributed by atoms with Gasteiger partial charge in [-0.2, -0.15) is 0 Å². The van der Waals surface area contributed by atoms with Crippen LogP contribution in [0.4, 0.5) is 8.78 Å². The van der Waals surface area contributed by atoms with Crippen LogP contribution in [0, 0.1) is 11.8 Å². The van der Waals surface area contributed by atoms with Gasteiger partial charge in [0.15, 0.2) is 14.9 Å². The molecule has 0 bridgehead atoms. The zero-order valence-electron chi connectivity index (χ0n) is 13.7. The molecule has 1 aliphatic heterocycles. The predicted octanol–water partition coefficient (Wildman–Crippen LogP) is 1.20. The summed E-state index contributed by atoms with van der Waals surface area (Å²) < 4.78 is 52.1. The average Bonchev–Trinajstić information content (AvgIpc) is 3.19. The van der Waals surface area contributed by atoms with Gasteiger partial charge in [0.25, 0.3) is 5.92 Å². The molecule has 1 saturated heterocycles. The van der Waals surface area contributed by atoms with Crippen molar-refractivity contribution in [3.05, 3.63) is 24.4 Å². The van der Waals surface area contributed by atoms with Crippen molar-refractivity contribution in [3.63, 3.8) is 0 Å². The van der Waals surface area contributed by atoms with Crippen LogP contribution in [0.5, 0.6) is 0 Å². The minimum Gasteiger partial charge on any atom is -0.481 e. The zero-order chi connectivity index (χ0) is 19.1. The smallest absolute Gasteiger partial charge is 0.307 e. The van der Waals surface area contributed by atoms with Gasteiger partial charge in [-0.3, -0.25) is 9.59 Å². The molecule has 0 aromatic carbocycles. The van der Waals surface area contributed by atoms with Crippen molar-refractivity contribution in [1.82, 2.24) is 9.88 Å². The van der Waals surface area contributed by atoms with Crippen LogP contribution < -0.4 is 0 Å². The van der Waals surface area contributed by atoms with Gasteiger partial charge < -0.3 is 10.0 Å². The van der Waals surface area contributed by atoms with E-state index in [4.69, 9.17) is 0 Å². The number of pyridine rings is 1. The van der Waals surface area contributed by atoms with Gasteiger partial charge in [-0.25, -0.2) is 22.2 Å². The molecule has 2 fully saturated rings. The van der Waals surface area contributed by atoms with Gasteiger partial charge >= 0.3 is 5.97 Å². The third kappa shape index (κ3) is 3.42. The van der Waals surface area contributed by atoms with Crippen molar-refractivity contribution < 1.29 is 31.9 Å². The van der Waals surface area contributed by atoms with Crippen molar-refractivity contribution >= 4 is 21.7 Å². The topological polar surface area (TPSA) is 105 Å². The van der Waals surface area contributed by atoms with E-state index in [1.807, 2.05) is 0 Å². The van der Waals surface area contributed by atoms with E-state index in [0.717, 1.165) is 4.90 Å². The Morgan fingerprint density at radius 3 is 2.46 bits per heavy atom. The molecular formula is C16H18F2N2O5S. The van der Waals surface area contributed by atoms with Crippen LogP contribution in [0.25, 0.3) is 0 Å². The Kier molecular flexibility index (Phi) is 4.72. The van der Waals surface area contributed by atoms with Crippen LogP contribution in [0.1, 0.15) is 19.3 Å². The minimum absolute atomic E-state index is 0.160. The highest BCUT2D eigenvalue weighted by Crippen LogP contribution is 2.40. The lowest BCUT2D eigenvalue weighted by Crippen LogP contribution is -2.39. The number of amides is 1. The van der Waals surface area contributed by atoms with Crippen LogP contribution in [-0.4, -0.2) is 59.5 Å². The summed E-state index contributed by atoms with van der Waals surface area (Å²) in [5.74, 6) is -7.36. The molecule has 0 radical (unpaired) electrons. The Balaban J connectivity index is 1.83. The van der Waals surface area contributed by atoms with Gasteiger partial charge in [-0.15, -0.1) is 0 Å². The number of likely N-dealkylation sites (tertiary alicyclic amines) is 1. The number of hydrogen-bond acceptors (Lipinski definition) is 5. The quantitative estimate of drug-likeness (QED) is 0.831. The number of nitrogens with zero attached hydrogens (tertiary/aromatic N) is 2. The van der Waals surface area contributed by atoms with Crippen molar-refractivity contribution in [2.45, 2.75) is 35.5 Å². The summed E-state index contributed by atoms with van der Waals surface area (Å²) >= 11 is 0. The highest BCUT2D eigenvalue weighted by atomic mass is 32.2. The van der Waals surface area contributed by atoms with Crippen LogP contribution in [0.2, 0.25) is 0 Å². The summed E-state index contributed by atoms with van der Waals surface area (Å²) in [6.45, 7) is -0.918. The first-order chi connectivity index (χ1) is 12.1. The lowest BCUT2D eigenvalue weighted by atomic mass is 9.95. The molecular weight excluding hydrogens is 370 g/mol. The van der Waals surface area contributed by atoms with E-state index in [9.17, 15) is 31.9 Å². The molecule has 142 valence electrons. The summed E-state index contributed by atoms with van der Waals surface area (Å²) in [6, 6.07) is 4.35. The molecule has 0 spiro atoms. The zero-order valence-corrected chi connectivity index (χ0v) is 14.5. The molecule has 7 nitrogen and oxygen atoms in total. The molecule has 3 rings (SSSR count). The maximum Gasteiger partial charge on any atom is 0.307 e. The fraction of sp³-hybridized carbons (Fsp3) is 0.562. The largest absolute Gasteiger partial charge is 0.481 e. The molecule has 3 atom stereocenters. The van der Waals surface area contributed by atoms with Crippen molar-refractivity contribution in [2.24, 2.45) is 11.8 Å². The summed E-state index contributed by atoms with van der Waals surface area (Å²) in [4.78, 5) is 28.9. The lowest BCUT2D eigenvalue weighted by molar-refractivity contribution is -0.149. The summed E-state index contributed by atoms with van der Waals surface area (Å²) in [5, 5.41) is 8.13. The van der Waals surface area contributed by atoms with E-state index in [2.05, 4.69) is 4.98 Å². The maximum atomic E-state index is 13.4. The third-order valence-electron chi connectivity index (χ3n) is 5.00. The van der Waals surface area contributed by atoms with E-state index in [0.29, 0.717) is 0 Å². The second-order valence-electron chi connectivity index (χ2n) is 6.72. The Morgan fingerprint density at radius 1 is 1.23 bits per heavy atom. The van der Waals surface area contributed by atoms with Gasteiger partial charge in [0, 0.05) is 19.2 Å². The minimum atomic E-state index is -3.91. The number of aromatic nitrogens is 1. The van der Waals surface area contributed by atoms with Crippen LogP contribution >= 0.6 is 0 Å². The van der Waals surface area contributed by atoms with Crippen LogP contribution in [0.3, 0.4) is 0 Å². The molecule has 10 heteroatoms. The summed E-state index contributed by atoms with van der Waals surface area (Å²) in [7, 11) is -3.91. The molecule has 1 amide bonds. The molecule has 1 aromatic rings. The molecule has 2 heterocycles. The first kappa shape index (κ1) is 18.7. The Hall–Kier alpha value is -2.10. The van der Waals surface area contributed by atoms with E-state index in [1.54, 1.807) is 6.07 Å². The third-order valence-corrected chi connectivity index (χ3v) is 7.09. The average molecular weight is 388 g/mol. The van der Waals surface area contributed by atoms with Crippen molar-refractivity contribution in [2.75, 3.05) is 13.1 Å². The first-order valence-electron chi connectivity index (χ1n) is 8.16. The van der Waals surface area contributed by atoms with E-state index < -0.39 is 57.7 Å². The van der Waals surface area contributed by atoms with Gasteiger partial charge in [-0.05, 0) is 25.0 Å². The summed E-state index contributed by atoms with van der Waals surface area (Å²) in [5.41, 5.74) is 0. The number of carbonyl (C=O) groups excluding carboxylic acids is 1. The number of rotatable bonds is 4. The molecule has 1 N–H and O–H groups in total. The molecule has 1 aromatic heterocycles. The van der Waals surface area contributed by atoms with Gasteiger partial charge in [-0.1, -0.05) is 6.07 Å². The monoisotopic (exact) mass is 388 g/mol. The predicted molar refractivity (Wildman–Crippen MR) is 85.2 cm³/mol. The molecule has 26 heavy (non-hydrogen) atoms. The fourth-order valence-electron chi connectivity index (χ4n) is 3.64. The van der Waals surface area contributed by atoms with E-state index in [-0.39, 0.29) is 24.4 Å². The highest BCUT2D eigenvalue weighted by Gasteiger charge is 2.51. The Labute approximate surface area is 148 Å². The standard InChI is InChI=1S/C16H18F2N2O5S/c17-16(18)4-6-20(9-16)14(21)11-7-10(8-12(11)15(22)23)26(24,25)13-3-1-2-5-19-13/h1-3,5,10-12H,4,6-9H2,(H,22,23)/t10-,11-,12-/m1/s1. The molecule has 0 unspecified atom stereocenters. The van der Waals surface area contributed by atoms with Gasteiger partial charge in [0.05, 0.1) is 23.6 Å². The first-order valence-corrected chi connectivity index (χ1v) is 9.71. The second kappa shape index (κ2) is 6.57. The number of carboxylic acids is 1. The van der Waals surface area contributed by atoms with Crippen molar-refractivity contribution in [3.8, 4) is 0 Å². The number of carboxylic acid groups (broad SMARTS) is 1. The Morgan fingerprint density at radius 2 is 1.92 bits per heavy atom. The fourth-order valence-corrected chi connectivity index (χ4v) is 5.37. The number of aliphatic carboxylic acids is 1. The van der Waals surface area contributed by atoms with E-state index in [1.165, 1.54) is 18.3 Å². The number of hydrogen-bond donors (Lipinski definition) is 1. The molecule has 1 aliphatic carbocycles. The number of sulfone groups is 1. The molecule has 2 aliphatic rings. The van der Waals surface area contributed by atoms with Crippen LogP contribution in [-0.2, 0) is 19.4 Å². The maximum absolute atomic E-state index is 13.4. The second-order valence-corrected chi connectivity index (χ2v) is 8.90. The van der Waals surface area contributed by atoms with Gasteiger partial charge in [0.2, 0.25) is 5.91 Å². The summed E-state index contributed by atoms with van der Waals surface area (Å²) in [6.07, 6.45) is 0.385. The van der Waals surface area contributed by atoms with Crippen LogP contribution in [0.15, 0.2) is 29.4 Å². The number of halogens is 2. The van der Waals surface area contributed by atoms with Crippen molar-refractivity contribution in [1.29, 1.82) is 0 Å². The Bertz CT molecular complexity index is 815. The number of carbonyl (C=O) groups is 2. The van der Waals surface area contributed by atoms with E-state index >= 15 is 0 Å². The highest BCUT2D eigenvalue weighted by molar-refractivity contribution is 7.92. The normalized spacial score (nSPS) is 28.2. The SMILES string of the molecule is O=C(O)[C@@H]1C[C@H](S(=O)(=O)c2ccccn2)C[C@H]1C(=O)N1CCC(F)(F)C1. The lowest BCUT2D eigenvalue weighted by Gasteiger charge is -2.22. The number of alkyl halides is 2.